The van der Waals surface area contributed by atoms with Crippen molar-refractivity contribution in [2.24, 2.45) is 0 Å². The molecule has 3 heteroatoms. The van der Waals surface area contributed by atoms with Crippen LogP contribution in [0.5, 0.6) is 0 Å². The standard InChI is InChI=1S/C49H34N2O/c52-49(44-27-9-4-22-39(44)34-16-2-1-3-17-34,35-18-14-20-37(32-35)50-45-28-10-5-23-40(45)41-24-6-11-29-46(41)50)36-19-15-21-38(33-36)51-47-30-12-7-25-42(47)43-26-8-13-31-48(43)51/h1-33,52H. The quantitative estimate of drug-likeness (QED) is 0.176. The van der Waals surface area contributed by atoms with Crippen molar-refractivity contribution in [1.29, 1.82) is 0 Å². The lowest BCUT2D eigenvalue weighted by Gasteiger charge is -2.33. The lowest BCUT2D eigenvalue weighted by molar-refractivity contribution is 0.126. The normalized spacial score (nSPS) is 11.9. The van der Waals surface area contributed by atoms with Crippen LogP contribution in [0.15, 0.2) is 200 Å². The first-order valence-electron chi connectivity index (χ1n) is 17.8. The lowest BCUT2D eigenvalue weighted by atomic mass is 9.77. The summed E-state index contributed by atoms with van der Waals surface area (Å²) in [6, 6.07) is 69.7. The summed E-state index contributed by atoms with van der Waals surface area (Å²) in [5.41, 5.74) is 9.39. The van der Waals surface area contributed by atoms with Crippen molar-refractivity contribution in [2.45, 2.75) is 5.60 Å². The zero-order valence-corrected chi connectivity index (χ0v) is 28.4. The fourth-order valence-corrected chi connectivity index (χ4v) is 8.29. The molecule has 0 bridgehead atoms. The van der Waals surface area contributed by atoms with Gasteiger partial charge in [0.2, 0.25) is 0 Å². The van der Waals surface area contributed by atoms with Gasteiger partial charge in [-0.25, -0.2) is 0 Å². The van der Waals surface area contributed by atoms with Crippen LogP contribution in [0.1, 0.15) is 16.7 Å². The van der Waals surface area contributed by atoms with Gasteiger partial charge in [-0.2, -0.15) is 0 Å². The third-order valence-corrected chi connectivity index (χ3v) is 10.6. The maximum atomic E-state index is 13.7. The number of benzene rings is 8. The second kappa shape index (κ2) is 12.0. The predicted octanol–water partition coefficient (Wildman–Crippen LogP) is 11.8. The molecule has 0 radical (unpaired) electrons. The number of aliphatic hydroxyl groups is 1. The van der Waals surface area contributed by atoms with E-state index in [9.17, 15) is 5.11 Å². The van der Waals surface area contributed by atoms with E-state index in [-0.39, 0.29) is 0 Å². The lowest BCUT2D eigenvalue weighted by Crippen LogP contribution is -2.30. The molecular weight excluding hydrogens is 633 g/mol. The molecule has 8 aromatic carbocycles. The molecule has 3 nitrogen and oxygen atoms in total. The number of para-hydroxylation sites is 4. The van der Waals surface area contributed by atoms with Crippen molar-refractivity contribution in [3.05, 3.63) is 217 Å². The van der Waals surface area contributed by atoms with Crippen molar-refractivity contribution in [3.8, 4) is 22.5 Å². The molecule has 0 atom stereocenters. The molecule has 52 heavy (non-hydrogen) atoms. The molecule has 0 aliphatic carbocycles. The molecule has 0 aliphatic rings. The maximum Gasteiger partial charge on any atom is 0.141 e. The number of nitrogens with zero attached hydrogens (tertiary/aromatic N) is 2. The summed E-state index contributed by atoms with van der Waals surface area (Å²) in [5.74, 6) is 0. The summed E-state index contributed by atoms with van der Waals surface area (Å²) in [7, 11) is 0. The van der Waals surface area contributed by atoms with Gasteiger partial charge in [-0.15, -0.1) is 0 Å². The Morgan fingerprint density at radius 1 is 0.346 bits per heavy atom. The molecule has 0 aliphatic heterocycles. The summed E-state index contributed by atoms with van der Waals surface area (Å²) in [5, 5.41) is 18.5. The highest BCUT2D eigenvalue weighted by Crippen LogP contribution is 2.44. The van der Waals surface area contributed by atoms with Crippen molar-refractivity contribution >= 4 is 43.6 Å². The number of aromatic nitrogens is 2. The second-order valence-corrected chi connectivity index (χ2v) is 13.5. The van der Waals surface area contributed by atoms with Gasteiger partial charge in [0.05, 0.1) is 22.1 Å². The highest BCUT2D eigenvalue weighted by Gasteiger charge is 2.37. The zero-order chi connectivity index (χ0) is 34.6. The van der Waals surface area contributed by atoms with Crippen LogP contribution in [0.4, 0.5) is 0 Å². The van der Waals surface area contributed by atoms with Crippen LogP contribution in [-0.2, 0) is 5.60 Å². The van der Waals surface area contributed by atoms with E-state index in [0.29, 0.717) is 0 Å². The largest absolute Gasteiger partial charge is 0.376 e. The van der Waals surface area contributed by atoms with E-state index in [1.165, 1.54) is 21.5 Å². The predicted molar refractivity (Wildman–Crippen MR) is 216 cm³/mol. The molecule has 0 spiro atoms. The average Bonchev–Trinajstić information content (AvgIpc) is 3.74. The van der Waals surface area contributed by atoms with Crippen LogP contribution < -0.4 is 0 Å². The van der Waals surface area contributed by atoms with Gasteiger partial charge in [0.15, 0.2) is 0 Å². The van der Waals surface area contributed by atoms with Crippen molar-refractivity contribution in [1.82, 2.24) is 9.13 Å². The van der Waals surface area contributed by atoms with Gasteiger partial charge in [0.1, 0.15) is 5.60 Å². The van der Waals surface area contributed by atoms with Crippen LogP contribution in [0.25, 0.3) is 66.1 Å². The van der Waals surface area contributed by atoms with Gasteiger partial charge in [-0.3, -0.25) is 0 Å². The molecule has 2 heterocycles. The topological polar surface area (TPSA) is 30.1 Å². The van der Waals surface area contributed by atoms with E-state index in [0.717, 1.165) is 61.3 Å². The first kappa shape index (κ1) is 30.2. The van der Waals surface area contributed by atoms with E-state index in [4.69, 9.17) is 0 Å². The van der Waals surface area contributed by atoms with Crippen LogP contribution in [0.2, 0.25) is 0 Å². The molecule has 246 valence electrons. The second-order valence-electron chi connectivity index (χ2n) is 13.5. The Hall–Kier alpha value is -6.68. The SMILES string of the molecule is OC(c1cccc(-n2c3ccccc3c3ccccc32)c1)(c1cccc(-n2c3ccccc3c3ccccc32)c1)c1ccccc1-c1ccccc1. The van der Waals surface area contributed by atoms with Gasteiger partial charge in [-0.05, 0) is 70.8 Å². The van der Waals surface area contributed by atoms with Crippen molar-refractivity contribution in [3.63, 3.8) is 0 Å². The van der Waals surface area contributed by atoms with Crippen LogP contribution in [0.3, 0.4) is 0 Å². The molecule has 1 N–H and O–H groups in total. The fourth-order valence-electron chi connectivity index (χ4n) is 8.29. The molecule has 0 fully saturated rings. The number of fused-ring (bicyclic) bond motifs is 6. The minimum atomic E-state index is -1.52. The van der Waals surface area contributed by atoms with E-state index in [2.05, 4.69) is 197 Å². The van der Waals surface area contributed by atoms with Crippen molar-refractivity contribution in [2.75, 3.05) is 0 Å². The molecule has 0 saturated heterocycles. The average molecular weight is 667 g/mol. The number of hydrogen-bond donors (Lipinski definition) is 1. The summed E-state index contributed by atoms with van der Waals surface area (Å²) in [6.07, 6.45) is 0. The Morgan fingerprint density at radius 3 is 1.19 bits per heavy atom. The third-order valence-electron chi connectivity index (χ3n) is 10.6. The molecule has 0 saturated carbocycles. The van der Waals surface area contributed by atoms with Crippen LogP contribution in [0, 0.1) is 0 Å². The summed E-state index contributed by atoms with van der Waals surface area (Å²) < 4.78 is 4.62. The molecule has 0 amide bonds. The van der Waals surface area contributed by atoms with Gasteiger partial charge in [0, 0.05) is 38.5 Å². The molecule has 2 aromatic heterocycles. The summed E-state index contributed by atoms with van der Waals surface area (Å²) in [6.45, 7) is 0. The summed E-state index contributed by atoms with van der Waals surface area (Å²) in [4.78, 5) is 0. The zero-order valence-electron chi connectivity index (χ0n) is 28.4. The van der Waals surface area contributed by atoms with E-state index < -0.39 is 5.60 Å². The Bertz CT molecular complexity index is 2670. The smallest absolute Gasteiger partial charge is 0.141 e. The van der Waals surface area contributed by atoms with E-state index in [1.807, 2.05) is 12.1 Å². The monoisotopic (exact) mass is 666 g/mol. The number of rotatable bonds is 6. The van der Waals surface area contributed by atoms with E-state index in [1.54, 1.807) is 0 Å². The summed E-state index contributed by atoms with van der Waals surface area (Å²) >= 11 is 0. The van der Waals surface area contributed by atoms with Gasteiger partial charge < -0.3 is 14.2 Å². The Kier molecular flexibility index (Phi) is 6.95. The number of hydrogen-bond acceptors (Lipinski definition) is 1. The van der Waals surface area contributed by atoms with Gasteiger partial charge >= 0.3 is 0 Å². The van der Waals surface area contributed by atoms with Crippen LogP contribution in [-0.4, -0.2) is 14.2 Å². The first-order valence-corrected chi connectivity index (χ1v) is 17.8. The first-order chi connectivity index (χ1) is 25.7. The van der Waals surface area contributed by atoms with Gasteiger partial charge in [-0.1, -0.05) is 152 Å². The molecule has 10 aromatic rings. The van der Waals surface area contributed by atoms with Crippen molar-refractivity contribution < 1.29 is 5.11 Å². The van der Waals surface area contributed by atoms with E-state index >= 15 is 0 Å². The Balaban J connectivity index is 1.25. The Morgan fingerprint density at radius 2 is 0.731 bits per heavy atom. The highest BCUT2D eigenvalue weighted by atomic mass is 16.3. The third kappa shape index (κ3) is 4.57. The van der Waals surface area contributed by atoms with Gasteiger partial charge in [0.25, 0.3) is 0 Å². The minimum absolute atomic E-state index is 0.787. The fraction of sp³-hybridized carbons (Fsp3) is 0.0204. The Labute approximate surface area is 301 Å². The molecule has 0 unspecified atom stereocenters. The maximum absolute atomic E-state index is 13.7. The minimum Gasteiger partial charge on any atom is -0.376 e. The van der Waals surface area contributed by atoms with Crippen LogP contribution >= 0.6 is 0 Å². The molecule has 10 rings (SSSR count). The molecular formula is C49H34N2O. The highest BCUT2D eigenvalue weighted by molar-refractivity contribution is 6.10.